The molecule has 16 nitrogen and oxygen atoms in total. The molecule has 2 saturated heterocycles. The summed E-state index contributed by atoms with van der Waals surface area (Å²) in [6, 6.07) is -1.05. The number of carbonyl (C=O) groups is 4. The van der Waals surface area contributed by atoms with Gasteiger partial charge in [0.2, 0.25) is 5.91 Å². The zero-order valence-corrected chi connectivity index (χ0v) is 20.3. The number of aromatic nitrogens is 5. The summed E-state index contributed by atoms with van der Waals surface area (Å²) in [6.45, 7) is 0.563. The number of likely N-dealkylation sites (tertiary alicyclic amines) is 1. The van der Waals surface area contributed by atoms with E-state index in [1.807, 2.05) is 0 Å². The van der Waals surface area contributed by atoms with Gasteiger partial charge < -0.3 is 26.3 Å². The maximum Gasteiger partial charge on any atom is 0.352 e. The number of hydrogen-bond donors (Lipinski definition) is 5. The average molecular weight is 547 g/mol. The lowest BCUT2D eigenvalue weighted by Gasteiger charge is -2.49. The number of allylic oxidation sites excluding steroid dienone is 1. The minimum Gasteiger partial charge on any atom is -0.477 e. The van der Waals surface area contributed by atoms with Gasteiger partial charge in [-0.15, -0.1) is 33.3 Å². The summed E-state index contributed by atoms with van der Waals surface area (Å²) in [5.74, 6) is -2.59. The highest BCUT2D eigenvalue weighted by atomic mass is 32.2. The molecular formula is C19H18N10O6S2. The highest BCUT2D eigenvalue weighted by molar-refractivity contribution is 8.00. The van der Waals surface area contributed by atoms with Gasteiger partial charge in [0.25, 0.3) is 11.8 Å². The number of thiazole rings is 1. The first-order valence-electron chi connectivity index (χ1n) is 10.7. The molecule has 2 aromatic rings. The predicted octanol–water partition coefficient (Wildman–Crippen LogP) is -1.49. The monoisotopic (exact) mass is 546 g/mol. The van der Waals surface area contributed by atoms with Gasteiger partial charge in [0.1, 0.15) is 22.8 Å². The zero-order valence-electron chi connectivity index (χ0n) is 18.7. The van der Waals surface area contributed by atoms with Crippen molar-refractivity contribution in [2.45, 2.75) is 24.4 Å². The van der Waals surface area contributed by atoms with Gasteiger partial charge in [0.05, 0.1) is 6.54 Å². The molecule has 0 radical (unpaired) electrons. The van der Waals surface area contributed by atoms with Gasteiger partial charge in [-0.2, -0.15) is 5.21 Å². The fourth-order valence-corrected chi connectivity index (χ4v) is 6.01. The average Bonchev–Trinajstić information content (AvgIpc) is 3.62. The first-order valence-corrected chi connectivity index (χ1v) is 12.6. The van der Waals surface area contributed by atoms with Gasteiger partial charge in [0.15, 0.2) is 16.7 Å². The van der Waals surface area contributed by atoms with Gasteiger partial charge >= 0.3 is 5.97 Å². The Hall–Kier alpha value is -4.32. The molecule has 3 aliphatic heterocycles. The third kappa shape index (κ3) is 4.40. The molecule has 3 aliphatic rings. The molecule has 5 heterocycles. The Kier molecular flexibility index (Phi) is 6.34. The number of carbonyl (C=O) groups excluding carboxylic acids is 3. The third-order valence-electron chi connectivity index (χ3n) is 5.85. The van der Waals surface area contributed by atoms with Crippen molar-refractivity contribution in [3.8, 4) is 0 Å². The highest BCUT2D eigenvalue weighted by Gasteiger charge is 2.54. The first kappa shape index (κ1) is 24.4. The molecule has 6 N–H and O–H groups in total. The zero-order chi connectivity index (χ0) is 26.3. The van der Waals surface area contributed by atoms with E-state index >= 15 is 0 Å². The van der Waals surface area contributed by atoms with Crippen molar-refractivity contribution in [3.63, 3.8) is 0 Å². The molecule has 2 atom stereocenters. The Labute approximate surface area is 215 Å². The second-order valence-electron chi connectivity index (χ2n) is 8.03. The quantitative estimate of drug-likeness (QED) is 0.0879. The van der Waals surface area contributed by atoms with Crippen LogP contribution in [0.3, 0.4) is 0 Å². The summed E-state index contributed by atoms with van der Waals surface area (Å²) in [5.41, 5.74) is 5.63. The summed E-state index contributed by atoms with van der Waals surface area (Å²) in [6.07, 6.45) is 1.89. The second-order valence-corrected chi connectivity index (χ2v) is 10.0. The minimum atomic E-state index is -1.33. The van der Waals surface area contributed by atoms with Crippen LogP contribution in [-0.2, 0) is 25.7 Å². The number of fused-ring (bicyclic) bond motifs is 1. The van der Waals surface area contributed by atoms with Gasteiger partial charge in [-0.05, 0) is 18.1 Å². The van der Waals surface area contributed by atoms with Crippen molar-refractivity contribution in [2.75, 3.05) is 18.0 Å². The van der Waals surface area contributed by atoms with Crippen LogP contribution in [0.25, 0.3) is 0 Å². The number of oxime groups is 1. The smallest absolute Gasteiger partial charge is 0.352 e. The van der Waals surface area contributed by atoms with Crippen LogP contribution in [0.15, 0.2) is 33.5 Å². The van der Waals surface area contributed by atoms with Crippen molar-refractivity contribution >= 4 is 57.6 Å². The first-order chi connectivity index (χ1) is 17.8. The number of aliphatic carboxylic acids is 1. The van der Waals surface area contributed by atoms with Crippen molar-refractivity contribution < 1.29 is 29.5 Å². The molecule has 0 aliphatic carbocycles. The number of nitrogens with one attached hydrogen (secondary N) is 2. The van der Waals surface area contributed by atoms with Crippen LogP contribution in [0.2, 0.25) is 0 Å². The Morgan fingerprint density at radius 3 is 2.84 bits per heavy atom. The maximum atomic E-state index is 12.9. The van der Waals surface area contributed by atoms with E-state index in [0.29, 0.717) is 29.9 Å². The number of hydrogen-bond acceptors (Lipinski definition) is 13. The molecule has 0 spiro atoms. The number of aromatic amines is 1. The van der Waals surface area contributed by atoms with E-state index in [1.54, 1.807) is 0 Å². The molecular weight excluding hydrogens is 528 g/mol. The number of thioether (sulfide) groups is 1. The van der Waals surface area contributed by atoms with Crippen LogP contribution in [0.4, 0.5) is 5.13 Å². The Morgan fingerprint density at radius 1 is 1.38 bits per heavy atom. The molecule has 18 heteroatoms. The number of β-lactam (4-membered cyclic amide) rings is 1. The van der Waals surface area contributed by atoms with Crippen LogP contribution in [-0.4, -0.2) is 98.8 Å². The second kappa shape index (κ2) is 9.62. The van der Waals surface area contributed by atoms with E-state index in [4.69, 9.17) is 5.73 Å². The predicted molar refractivity (Wildman–Crippen MR) is 127 cm³/mol. The molecule has 0 aromatic carbocycles. The number of H-pyrrole nitrogens is 1. The van der Waals surface area contributed by atoms with Crippen molar-refractivity contribution in [1.29, 1.82) is 0 Å². The molecule has 37 heavy (non-hydrogen) atoms. The molecule has 5 rings (SSSR count). The molecule has 0 saturated carbocycles. The molecule has 192 valence electrons. The Balaban J connectivity index is 1.32. The lowest BCUT2D eigenvalue weighted by Crippen LogP contribution is -2.71. The number of nitrogens with two attached hydrogens (primary N) is 1. The minimum absolute atomic E-state index is 0.0389. The van der Waals surface area contributed by atoms with Gasteiger partial charge in [-0.3, -0.25) is 19.3 Å². The number of carboxylic acid groups (broad SMARTS) is 1. The van der Waals surface area contributed by atoms with Crippen LogP contribution >= 0.6 is 23.1 Å². The van der Waals surface area contributed by atoms with Gasteiger partial charge in [0, 0.05) is 23.3 Å². The van der Waals surface area contributed by atoms with E-state index in [1.165, 1.54) is 28.1 Å². The van der Waals surface area contributed by atoms with Crippen molar-refractivity contribution in [1.82, 2.24) is 40.7 Å². The molecule has 0 bridgehead atoms. The summed E-state index contributed by atoms with van der Waals surface area (Å²) in [7, 11) is 0. The molecule has 3 amide bonds. The van der Waals surface area contributed by atoms with E-state index in [0.717, 1.165) is 16.2 Å². The van der Waals surface area contributed by atoms with Crippen LogP contribution in [0, 0.1) is 0 Å². The number of nitrogen functional groups attached to an aromatic ring is 1. The fourth-order valence-electron chi connectivity index (χ4n) is 4.16. The standard InChI is InChI=1S/C19H18N10O6S2/c20-19-21-9(6-37-19)11(25-35)14(30)22-12-16(32)29-13(18(33)34)8(5-36-17(12)29)3-7-1-2-28(15(7)31)4-10-23-26-27-24-10/h3,6,12,17,35H,1-2,4-5H2,(H2,20,21)(H,22,30)(H,33,34)(H,23,24,26,27)/t12-,17-/m1/s1. The maximum absolute atomic E-state index is 12.9. The highest BCUT2D eigenvalue weighted by Crippen LogP contribution is 2.41. The number of rotatable bonds is 7. The number of carboxylic acids is 1. The van der Waals surface area contributed by atoms with E-state index in [2.05, 4.69) is 36.1 Å². The SMILES string of the molecule is Nc1nc(C(=NO)C(=O)N[C@@H]2C(=O)N3C(C(=O)O)=C(C=C4CCN(Cc5nn[nH]n5)C4=O)CS[C@H]23)cs1. The number of nitrogens with zero attached hydrogens (tertiary/aromatic N) is 7. The molecule has 0 unspecified atom stereocenters. The van der Waals surface area contributed by atoms with Crippen LogP contribution in [0.5, 0.6) is 0 Å². The van der Waals surface area contributed by atoms with Crippen LogP contribution in [0.1, 0.15) is 17.9 Å². The van der Waals surface area contributed by atoms with E-state index < -0.39 is 34.9 Å². The molecule has 2 fully saturated rings. The number of anilines is 1. The van der Waals surface area contributed by atoms with Crippen molar-refractivity contribution in [3.05, 3.63) is 39.8 Å². The lowest BCUT2D eigenvalue weighted by atomic mass is 10.0. The van der Waals surface area contributed by atoms with Crippen LogP contribution < -0.4 is 11.1 Å². The van der Waals surface area contributed by atoms with Crippen molar-refractivity contribution in [2.24, 2.45) is 5.16 Å². The van der Waals surface area contributed by atoms with E-state index in [9.17, 15) is 29.5 Å². The Morgan fingerprint density at radius 2 is 2.19 bits per heavy atom. The number of tetrazole rings is 1. The summed E-state index contributed by atoms with van der Waals surface area (Å²) in [5, 5.41) is 38.9. The van der Waals surface area contributed by atoms with Gasteiger partial charge in [-0.25, -0.2) is 9.78 Å². The largest absolute Gasteiger partial charge is 0.477 e. The third-order valence-corrected chi connectivity index (χ3v) is 7.83. The van der Waals surface area contributed by atoms with E-state index in [-0.39, 0.29) is 34.7 Å². The normalized spacial score (nSPS) is 22.9. The van der Waals surface area contributed by atoms with Gasteiger partial charge in [-0.1, -0.05) is 10.4 Å². The Bertz CT molecular complexity index is 1380. The molecule has 2 aromatic heterocycles. The lowest BCUT2D eigenvalue weighted by molar-refractivity contribution is -0.150. The summed E-state index contributed by atoms with van der Waals surface area (Å²) in [4.78, 5) is 57.0. The summed E-state index contributed by atoms with van der Waals surface area (Å²) < 4.78 is 0. The number of amides is 3. The topological polar surface area (TPSA) is 233 Å². The fraction of sp³-hybridized carbons (Fsp3) is 0.316. The summed E-state index contributed by atoms with van der Waals surface area (Å²) >= 11 is 2.28.